The number of benzene rings is 2. The third kappa shape index (κ3) is 3.74. The van der Waals surface area contributed by atoms with Crippen LogP contribution in [0.4, 0.5) is 10.1 Å². The van der Waals surface area contributed by atoms with Crippen LogP contribution < -0.4 is 10.7 Å². The van der Waals surface area contributed by atoms with Crippen LogP contribution in [0.5, 0.6) is 0 Å². The van der Waals surface area contributed by atoms with Crippen LogP contribution in [0.3, 0.4) is 0 Å². The second-order valence-electron chi connectivity index (χ2n) is 6.18. The van der Waals surface area contributed by atoms with Crippen LogP contribution in [-0.2, 0) is 4.79 Å². The summed E-state index contributed by atoms with van der Waals surface area (Å²) in [6.45, 7) is 1.81. The van der Waals surface area contributed by atoms with Crippen molar-refractivity contribution in [2.75, 3.05) is 10.7 Å². The van der Waals surface area contributed by atoms with Crippen molar-refractivity contribution in [3.8, 4) is 0 Å². The standard InChI is InChI=1S/C18H14BrClFN5OS/c1-9-23-24-18-26(9)25-15(10-2-5-12(21)6-3-10)16(28-18)17(27)22-14-7-4-11(19)8-13(14)20/h2-8,15-16,25H,1H3,(H,22,27)/t15-,16+/m1/s1. The number of nitrogens with zero attached hydrogens (tertiary/aromatic N) is 3. The normalized spacial score (nSPS) is 18.3. The fourth-order valence-corrected chi connectivity index (χ4v) is 4.72. The van der Waals surface area contributed by atoms with Crippen LogP contribution in [0.15, 0.2) is 52.1 Å². The second-order valence-corrected chi connectivity index (χ2v) is 8.61. The Morgan fingerprint density at radius 2 is 2.04 bits per heavy atom. The average molecular weight is 483 g/mol. The summed E-state index contributed by atoms with van der Waals surface area (Å²) < 4.78 is 15.9. The molecular weight excluding hydrogens is 469 g/mol. The number of carbonyl (C=O) groups excluding carboxylic acids is 1. The molecule has 1 amide bonds. The van der Waals surface area contributed by atoms with E-state index in [0.717, 1.165) is 10.0 Å². The highest BCUT2D eigenvalue weighted by molar-refractivity contribution is 9.10. The molecule has 0 spiro atoms. The molecular formula is C18H14BrClFN5OS. The van der Waals surface area contributed by atoms with Gasteiger partial charge >= 0.3 is 0 Å². The number of hydrogen-bond donors (Lipinski definition) is 2. The van der Waals surface area contributed by atoms with E-state index in [1.165, 1.54) is 23.9 Å². The minimum Gasteiger partial charge on any atom is -0.324 e. The summed E-state index contributed by atoms with van der Waals surface area (Å²) in [7, 11) is 0. The van der Waals surface area contributed by atoms with Gasteiger partial charge in [0, 0.05) is 4.47 Å². The average Bonchev–Trinajstić information content (AvgIpc) is 3.04. The van der Waals surface area contributed by atoms with Gasteiger partial charge in [-0.25, -0.2) is 9.07 Å². The van der Waals surface area contributed by atoms with Gasteiger partial charge in [-0.15, -0.1) is 10.2 Å². The molecule has 0 aliphatic carbocycles. The van der Waals surface area contributed by atoms with Crippen molar-refractivity contribution in [3.05, 3.63) is 69.2 Å². The summed E-state index contributed by atoms with van der Waals surface area (Å²) in [6, 6.07) is 10.9. The molecule has 2 heterocycles. The Balaban J connectivity index is 1.67. The van der Waals surface area contributed by atoms with Gasteiger partial charge < -0.3 is 10.7 Å². The summed E-state index contributed by atoms with van der Waals surface area (Å²) >= 11 is 10.9. The van der Waals surface area contributed by atoms with Gasteiger partial charge in [0.25, 0.3) is 0 Å². The minimum absolute atomic E-state index is 0.247. The highest BCUT2D eigenvalue weighted by Gasteiger charge is 2.37. The number of carbonyl (C=O) groups is 1. The number of nitrogens with one attached hydrogen (secondary N) is 2. The molecule has 10 heteroatoms. The summed E-state index contributed by atoms with van der Waals surface area (Å²) in [4.78, 5) is 13.1. The molecule has 144 valence electrons. The van der Waals surface area contributed by atoms with E-state index >= 15 is 0 Å². The number of hydrogen-bond acceptors (Lipinski definition) is 5. The largest absolute Gasteiger partial charge is 0.324 e. The van der Waals surface area contributed by atoms with Crippen LogP contribution >= 0.6 is 39.3 Å². The molecule has 1 aliphatic rings. The van der Waals surface area contributed by atoms with Crippen LogP contribution in [0.25, 0.3) is 0 Å². The predicted molar refractivity (Wildman–Crippen MR) is 111 cm³/mol. The lowest BCUT2D eigenvalue weighted by Gasteiger charge is -2.32. The highest BCUT2D eigenvalue weighted by Crippen LogP contribution is 2.38. The van der Waals surface area contributed by atoms with E-state index in [2.05, 4.69) is 36.9 Å². The van der Waals surface area contributed by atoms with E-state index in [9.17, 15) is 9.18 Å². The fourth-order valence-electron chi connectivity index (χ4n) is 2.88. The van der Waals surface area contributed by atoms with E-state index in [4.69, 9.17) is 11.6 Å². The van der Waals surface area contributed by atoms with Gasteiger partial charge in [0.1, 0.15) is 16.9 Å². The molecule has 0 bridgehead atoms. The number of rotatable bonds is 3. The maximum absolute atomic E-state index is 13.4. The molecule has 2 N–H and O–H groups in total. The van der Waals surface area contributed by atoms with E-state index in [-0.39, 0.29) is 11.7 Å². The zero-order valence-corrected chi connectivity index (χ0v) is 17.6. The van der Waals surface area contributed by atoms with Gasteiger partial charge in [-0.05, 0) is 42.8 Å². The molecule has 1 aromatic heterocycles. The van der Waals surface area contributed by atoms with Crippen molar-refractivity contribution < 1.29 is 9.18 Å². The highest BCUT2D eigenvalue weighted by atomic mass is 79.9. The number of aromatic nitrogens is 3. The van der Waals surface area contributed by atoms with E-state index in [1.807, 2.05) is 6.92 Å². The van der Waals surface area contributed by atoms with Crippen molar-refractivity contribution in [1.29, 1.82) is 0 Å². The summed E-state index contributed by atoms with van der Waals surface area (Å²) in [6.07, 6.45) is 0. The lowest BCUT2D eigenvalue weighted by atomic mass is 10.0. The SMILES string of the molecule is Cc1nnc2n1N[C@H](c1ccc(F)cc1)[C@@H](C(=O)Nc1ccc(Br)cc1Cl)S2. The lowest BCUT2D eigenvalue weighted by Crippen LogP contribution is -2.41. The quantitative estimate of drug-likeness (QED) is 0.573. The Morgan fingerprint density at radius 1 is 1.29 bits per heavy atom. The Labute approximate surface area is 178 Å². The van der Waals surface area contributed by atoms with Crippen molar-refractivity contribution in [3.63, 3.8) is 0 Å². The van der Waals surface area contributed by atoms with Crippen LogP contribution in [0.1, 0.15) is 17.4 Å². The second kappa shape index (κ2) is 7.73. The first-order valence-electron chi connectivity index (χ1n) is 8.29. The van der Waals surface area contributed by atoms with Crippen molar-refractivity contribution in [2.45, 2.75) is 23.4 Å². The Kier molecular flexibility index (Phi) is 5.31. The zero-order valence-electron chi connectivity index (χ0n) is 14.5. The molecule has 2 aromatic carbocycles. The number of thioether (sulfide) groups is 1. The monoisotopic (exact) mass is 481 g/mol. The van der Waals surface area contributed by atoms with Gasteiger partial charge in [-0.2, -0.15) is 0 Å². The molecule has 0 unspecified atom stereocenters. The van der Waals surface area contributed by atoms with Gasteiger partial charge in [0.2, 0.25) is 11.1 Å². The smallest absolute Gasteiger partial charge is 0.240 e. The van der Waals surface area contributed by atoms with Crippen LogP contribution in [0, 0.1) is 12.7 Å². The third-order valence-corrected chi connectivity index (χ3v) is 6.30. The van der Waals surface area contributed by atoms with Crippen molar-refractivity contribution >= 4 is 50.9 Å². The van der Waals surface area contributed by atoms with E-state index < -0.39 is 11.3 Å². The molecule has 0 fully saturated rings. The first-order valence-corrected chi connectivity index (χ1v) is 10.3. The number of amides is 1. The molecule has 0 saturated heterocycles. The molecule has 4 rings (SSSR count). The topological polar surface area (TPSA) is 71.8 Å². The Bertz CT molecular complexity index is 1040. The van der Waals surface area contributed by atoms with Gasteiger partial charge in [0.05, 0.1) is 16.8 Å². The maximum Gasteiger partial charge on any atom is 0.240 e. The van der Waals surface area contributed by atoms with Crippen molar-refractivity contribution in [1.82, 2.24) is 14.9 Å². The predicted octanol–water partition coefficient (Wildman–Crippen LogP) is 4.54. The summed E-state index contributed by atoms with van der Waals surface area (Å²) in [5.41, 5.74) is 4.55. The van der Waals surface area contributed by atoms with Gasteiger partial charge in [-0.1, -0.05) is 51.4 Å². The number of anilines is 1. The van der Waals surface area contributed by atoms with Crippen molar-refractivity contribution in [2.24, 2.45) is 0 Å². The van der Waals surface area contributed by atoms with E-state index in [0.29, 0.717) is 21.7 Å². The molecule has 6 nitrogen and oxygen atoms in total. The number of fused-ring (bicyclic) bond motifs is 1. The molecule has 3 aromatic rings. The molecule has 0 saturated carbocycles. The summed E-state index contributed by atoms with van der Waals surface area (Å²) in [5, 5.41) is 11.5. The number of halogens is 3. The minimum atomic E-state index is -0.568. The van der Waals surface area contributed by atoms with Crippen LogP contribution in [0.2, 0.25) is 5.02 Å². The first kappa shape index (κ1) is 19.2. The van der Waals surface area contributed by atoms with Gasteiger partial charge in [-0.3, -0.25) is 4.79 Å². The Morgan fingerprint density at radius 3 is 2.75 bits per heavy atom. The zero-order chi connectivity index (χ0) is 19.8. The fraction of sp³-hybridized carbons (Fsp3) is 0.167. The Hall–Kier alpha value is -2.10. The van der Waals surface area contributed by atoms with Gasteiger partial charge in [0.15, 0.2) is 0 Å². The van der Waals surface area contributed by atoms with E-state index in [1.54, 1.807) is 35.0 Å². The molecule has 2 atom stereocenters. The summed E-state index contributed by atoms with van der Waals surface area (Å²) in [5.74, 6) is 0.0865. The van der Waals surface area contributed by atoms with Crippen LogP contribution in [-0.4, -0.2) is 26.0 Å². The first-order chi connectivity index (χ1) is 13.4. The molecule has 28 heavy (non-hydrogen) atoms. The molecule has 1 aliphatic heterocycles. The molecule has 0 radical (unpaired) electrons. The lowest BCUT2D eigenvalue weighted by molar-refractivity contribution is -0.116. The third-order valence-electron chi connectivity index (χ3n) is 4.28. The maximum atomic E-state index is 13.4. The number of aryl methyl sites for hydroxylation is 1.